The van der Waals surface area contributed by atoms with Gasteiger partial charge in [0.1, 0.15) is 5.78 Å². The number of Topliss-reactive ketones (excluding diaryl/α,β-unsaturated/α-hetero) is 1. The van der Waals surface area contributed by atoms with E-state index in [4.69, 9.17) is 0 Å². The first-order chi connectivity index (χ1) is 7.83. The Morgan fingerprint density at radius 1 is 1.19 bits per heavy atom. The molecule has 16 heavy (non-hydrogen) atoms. The number of hydrogen-bond acceptors (Lipinski definition) is 2. The summed E-state index contributed by atoms with van der Waals surface area (Å²) in [4.78, 5) is 15.4. The van der Waals surface area contributed by atoms with E-state index < -0.39 is 0 Å². The minimum atomic E-state index is 0.403. The average Bonchev–Trinajstić information content (AvgIpc) is 2.75. The van der Waals surface area contributed by atoms with Crippen LogP contribution in [0, 0.1) is 0 Å². The standard InChI is InChI=1S/C14H13NO/c16-14-4-3-11(8-14)10-1-2-13-9-15-6-5-12(13)7-10/h1-2,5-7,9,11H,3-4,8H2. The second-order valence-electron chi connectivity index (χ2n) is 4.46. The van der Waals surface area contributed by atoms with Gasteiger partial charge in [0.25, 0.3) is 0 Å². The van der Waals surface area contributed by atoms with Crippen LogP contribution in [0.15, 0.2) is 36.7 Å². The maximum Gasteiger partial charge on any atom is 0.133 e. The van der Waals surface area contributed by atoms with Crippen LogP contribution in [0.1, 0.15) is 30.7 Å². The monoisotopic (exact) mass is 211 g/mol. The zero-order chi connectivity index (χ0) is 11.0. The lowest BCUT2D eigenvalue weighted by Gasteiger charge is -2.09. The van der Waals surface area contributed by atoms with E-state index in [0.717, 1.165) is 24.6 Å². The number of pyridine rings is 1. The molecule has 0 spiro atoms. The van der Waals surface area contributed by atoms with Gasteiger partial charge in [0.05, 0.1) is 0 Å². The zero-order valence-electron chi connectivity index (χ0n) is 9.02. The summed E-state index contributed by atoms with van der Waals surface area (Å²) in [6.45, 7) is 0. The van der Waals surface area contributed by atoms with Crippen LogP contribution < -0.4 is 0 Å². The molecule has 1 aromatic heterocycles. The maximum atomic E-state index is 11.3. The van der Waals surface area contributed by atoms with E-state index >= 15 is 0 Å². The Bertz CT molecular complexity index is 547. The molecular formula is C14H13NO. The van der Waals surface area contributed by atoms with Gasteiger partial charge in [-0.2, -0.15) is 0 Å². The molecule has 0 radical (unpaired) electrons. The fourth-order valence-electron chi connectivity index (χ4n) is 2.45. The molecule has 0 bridgehead atoms. The Morgan fingerprint density at radius 2 is 2.12 bits per heavy atom. The van der Waals surface area contributed by atoms with Crippen LogP contribution in [0.4, 0.5) is 0 Å². The van der Waals surface area contributed by atoms with Crippen LogP contribution in [0.5, 0.6) is 0 Å². The normalized spacial score (nSPS) is 20.5. The van der Waals surface area contributed by atoms with Gasteiger partial charge in [-0.25, -0.2) is 0 Å². The molecule has 0 saturated heterocycles. The lowest BCUT2D eigenvalue weighted by Crippen LogP contribution is -1.94. The molecule has 1 fully saturated rings. The number of hydrogen-bond donors (Lipinski definition) is 0. The third-order valence-electron chi connectivity index (χ3n) is 3.38. The van der Waals surface area contributed by atoms with Crippen molar-refractivity contribution >= 4 is 16.6 Å². The summed E-state index contributed by atoms with van der Waals surface area (Å²) >= 11 is 0. The van der Waals surface area contributed by atoms with Crippen molar-refractivity contribution in [2.75, 3.05) is 0 Å². The lowest BCUT2D eigenvalue weighted by molar-refractivity contribution is -0.117. The SMILES string of the molecule is O=C1CCC(c2ccc3cnccc3c2)C1. The van der Waals surface area contributed by atoms with Gasteiger partial charge in [-0.3, -0.25) is 9.78 Å². The summed E-state index contributed by atoms with van der Waals surface area (Å²) in [5.74, 6) is 0.838. The van der Waals surface area contributed by atoms with Crippen LogP contribution in [0.2, 0.25) is 0 Å². The number of carbonyl (C=O) groups is 1. The number of fused-ring (bicyclic) bond motifs is 1. The fourth-order valence-corrected chi connectivity index (χ4v) is 2.45. The van der Waals surface area contributed by atoms with Crippen LogP contribution in [0.25, 0.3) is 10.8 Å². The third-order valence-corrected chi connectivity index (χ3v) is 3.38. The largest absolute Gasteiger partial charge is 0.300 e. The molecule has 1 aliphatic rings. The number of carbonyl (C=O) groups excluding carboxylic acids is 1. The van der Waals surface area contributed by atoms with Crippen molar-refractivity contribution in [3.63, 3.8) is 0 Å². The molecule has 0 aliphatic heterocycles. The number of benzene rings is 1. The van der Waals surface area contributed by atoms with E-state index in [2.05, 4.69) is 23.2 Å². The van der Waals surface area contributed by atoms with Crippen LogP contribution in [-0.2, 0) is 4.79 Å². The van der Waals surface area contributed by atoms with Gasteiger partial charge in [-0.1, -0.05) is 18.2 Å². The van der Waals surface area contributed by atoms with Gasteiger partial charge in [0, 0.05) is 30.6 Å². The Kier molecular flexibility index (Phi) is 2.21. The van der Waals surface area contributed by atoms with Crippen molar-refractivity contribution in [2.24, 2.45) is 0 Å². The predicted octanol–water partition coefficient (Wildman–Crippen LogP) is 3.07. The first-order valence-electron chi connectivity index (χ1n) is 5.68. The summed E-state index contributed by atoms with van der Waals surface area (Å²) < 4.78 is 0. The number of aromatic nitrogens is 1. The van der Waals surface area contributed by atoms with E-state index in [9.17, 15) is 4.79 Å². The molecule has 1 saturated carbocycles. The summed E-state index contributed by atoms with van der Waals surface area (Å²) in [7, 11) is 0. The average molecular weight is 211 g/mol. The molecule has 1 aromatic carbocycles. The minimum Gasteiger partial charge on any atom is -0.300 e. The Morgan fingerprint density at radius 3 is 2.94 bits per heavy atom. The Hall–Kier alpha value is -1.70. The highest BCUT2D eigenvalue weighted by atomic mass is 16.1. The van der Waals surface area contributed by atoms with Crippen LogP contribution in [-0.4, -0.2) is 10.8 Å². The Labute approximate surface area is 94.3 Å². The van der Waals surface area contributed by atoms with Gasteiger partial charge in [-0.15, -0.1) is 0 Å². The molecule has 2 nitrogen and oxygen atoms in total. The number of ketones is 1. The Balaban J connectivity index is 2.02. The molecular weight excluding hydrogens is 198 g/mol. The maximum absolute atomic E-state index is 11.3. The second-order valence-corrected chi connectivity index (χ2v) is 4.46. The molecule has 1 aliphatic carbocycles. The van der Waals surface area contributed by atoms with Crippen molar-refractivity contribution in [1.29, 1.82) is 0 Å². The number of nitrogens with zero attached hydrogens (tertiary/aromatic N) is 1. The highest BCUT2D eigenvalue weighted by Gasteiger charge is 2.23. The molecule has 0 N–H and O–H groups in total. The first kappa shape index (κ1) is 9.52. The lowest BCUT2D eigenvalue weighted by atomic mass is 9.96. The van der Waals surface area contributed by atoms with Gasteiger partial charge in [0.2, 0.25) is 0 Å². The van der Waals surface area contributed by atoms with E-state index in [1.807, 2.05) is 18.5 Å². The first-order valence-corrected chi connectivity index (χ1v) is 5.68. The molecule has 80 valence electrons. The highest BCUT2D eigenvalue weighted by Crippen LogP contribution is 2.33. The fraction of sp³-hybridized carbons (Fsp3) is 0.286. The summed E-state index contributed by atoms with van der Waals surface area (Å²) in [6.07, 6.45) is 6.16. The van der Waals surface area contributed by atoms with Gasteiger partial charge >= 0.3 is 0 Å². The molecule has 1 unspecified atom stereocenters. The smallest absolute Gasteiger partial charge is 0.133 e. The van der Waals surface area contributed by atoms with E-state index in [1.54, 1.807) is 0 Å². The summed E-state index contributed by atoms with van der Waals surface area (Å²) in [6, 6.07) is 8.45. The molecule has 1 atom stereocenters. The van der Waals surface area contributed by atoms with Crippen molar-refractivity contribution < 1.29 is 4.79 Å². The van der Waals surface area contributed by atoms with Crippen LogP contribution in [0.3, 0.4) is 0 Å². The molecule has 2 aromatic rings. The third kappa shape index (κ3) is 1.60. The molecule has 1 heterocycles. The van der Waals surface area contributed by atoms with Crippen LogP contribution >= 0.6 is 0 Å². The highest BCUT2D eigenvalue weighted by molar-refractivity contribution is 5.84. The van der Waals surface area contributed by atoms with E-state index in [1.165, 1.54) is 10.9 Å². The van der Waals surface area contributed by atoms with Crippen molar-refractivity contribution in [2.45, 2.75) is 25.2 Å². The predicted molar refractivity (Wildman–Crippen MR) is 63.3 cm³/mol. The molecule has 0 amide bonds. The number of rotatable bonds is 1. The molecule has 3 rings (SSSR count). The quantitative estimate of drug-likeness (QED) is 0.725. The zero-order valence-corrected chi connectivity index (χ0v) is 9.02. The van der Waals surface area contributed by atoms with Gasteiger partial charge < -0.3 is 0 Å². The van der Waals surface area contributed by atoms with Crippen molar-refractivity contribution in [1.82, 2.24) is 4.98 Å². The van der Waals surface area contributed by atoms with E-state index in [-0.39, 0.29) is 0 Å². The summed E-state index contributed by atoms with van der Waals surface area (Å²) in [5.41, 5.74) is 1.30. The van der Waals surface area contributed by atoms with Crippen molar-refractivity contribution in [3.8, 4) is 0 Å². The van der Waals surface area contributed by atoms with Gasteiger partial charge in [-0.05, 0) is 29.4 Å². The minimum absolute atomic E-state index is 0.403. The van der Waals surface area contributed by atoms with Crippen molar-refractivity contribution in [3.05, 3.63) is 42.2 Å². The van der Waals surface area contributed by atoms with E-state index in [0.29, 0.717) is 11.7 Å². The molecule has 2 heteroatoms. The summed E-state index contributed by atoms with van der Waals surface area (Å²) in [5, 5.41) is 2.38. The topological polar surface area (TPSA) is 30.0 Å². The second kappa shape index (κ2) is 3.71. The van der Waals surface area contributed by atoms with Gasteiger partial charge in [0.15, 0.2) is 0 Å².